The number of hydrogen-bond donors (Lipinski definition) is 2. The van der Waals surface area contributed by atoms with Crippen molar-refractivity contribution >= 4 is 18.1 Å². The van der Waals surface area contributed by atoms with Gasteiger partial charge in [0.2, 0.25) is 0 Å². The Morgan fingerprint density at radius 1 is 1.13 bits per heavy atom. The molecule has 0 aliphatic carbocycles. The van der Waals surface area contributed by atoms with Gasteiger partial charge in [0, 0.05) is 35.3 Å². The van der Waals surface area contributed by atoms with Crippen molar-refractivity contribution in [2.24, 2.45) is 0 Å². The molecule has 0 bridgehead atoms. The van der Waals surface area contributed by atoms with Crippen molar-refractivity contribution in [3.8, 4) is 16.9 Å². The van der Waals surface area contributed by atoms with E-state index < -0.39 is 0 Å². The van der Waals surface area contributed by atoms with Crippen LogP contribution in [0.2, 0.25) is 0 Å². The molecule has 5 heteroatoms. The van der Waals surface area contributed by atoms with E-state index in [2.05, 4.69) is 9.97 Å². The molecule has 0 atom stereocenters. The molecule has 1 aromatic carbocycles. The van der Waals surface area contributed by atoms with Crippen molar-refractivity contribution in [3.63, 3.8) is 0 Å². The van der Waals surface area contributed by atoms with Crippen molar-refractivity contribution in [3.05, 3.63) is 36.9 Å². The fraction of sp³-hybridized carbons (Fsp3) is 0. The van der Waals surface area contributed by atoms with E-state index in [9.17, 15) is 5.11 Å². The molecule has 2 aromatic rings. The zero-order chi connectivity index (χ0) is 9.97. The van der Waals surface area contributed by atoms with E-state index in [1.54, 1.807) is 24.5 Å². The van der Waals surface area contributed by atoms with Crippen molar-refractivity contribution < 1.29 is 5.11 Å². The molecule has 0 aliphatic rings. The molecule has 1 aromatic heterocycles. The highest BCUT2D eigenvalue weighted by Gasteiger charge is 2.03. The molecule has 3 N–H and O–H groups in total. The molecular weight excluding hydrogens is 214 g/mol. The molecule has 1 heterocycles. The number of aromatic hydroxyl groups is 1. The summed E-state index contributed by atoms with van der Waals surface area (Å²) in [5.74, 6) is 0.139. The molecule has 0 radical (unpaired) electrons. The predicted octanol–water partition coefficient (Wildman–Crippen LogP) is 1.85. The maximum atomic E-state index is 9.61. The van der Waals surface area contributed by atoms with Crippen molar-refractivity contribution in [1.82, 2.24) is 9.97 Å². The van der Waals surface area contributed by atoms with Crippen LogP contribution in [-0.4, -0.2) is 15.1 Å². The highest BCUT2D eigenvalue weighted by atomic mass is 35.5. The van der Waals surface area contributed by atoms with Gasteiger partial charge in [-0.25, -0.2) is 9.97 Å². The molecule has 15 heavy (non-hydrogen) atoms. The minimum atomic E-state index is 0. The Hall–Kier alpha value is -1.81. The Kier molecular flexibility index (Phi) is 3.46. The fourth-order valence-electron chi connectivity index (χ4n) is 1.23. The number of nitrogens with two attached hydrogens (primary N) is 1. The number of benzene rings is 1. The second-order valence-corrected chi connectivity index (χ2v) is 2.90. The number of nitrogen functional groups attached to an aromatic ring is 1. The second kappa shape index (κ2) is 4.61. The standard InChI is InChI=1S/C10H9N3O.ClH/c11-8-1-2-9(10(14)3-8)7-4-12-6-13-5-7;/h1-6,14H,11H2;1H. The molecular formula is C10H10ClN3O. The lowest BCUT2D eigenvalue weighted by atomic mass is 10.1. The van der Waals surface area contributed by atoms with E-state index in [1.165, 1.54) is 12.4 Å². The van der Waals surface area contributed by atoms with E-state index in [0.29, 0.717) is 11.3 Å². The van der Waals surface area contributed by atoms with E-state index in [-0.39, 0.29) is 18.2 Å². The molecule has 78 valence electrons. The van der Waals surface area contributed by atoms with Crippen LogP contribution in [0.4, 0.5) is 5.69 Å². The van der Waals surface area contributed by atoms with E-state index in [4.69, 9.17) is 5.73 Å². The summed E-state index contributed by atoms with van der Waals surface area (Å²) in [6, 6.07) is 4.97. The third-order valence-corrected chi connectivity index (χ3v) is 1.89. The zero-order valence-corrected chi connectivity index (χ0v) is 8.61. The molecule has 0 aliphatic heterocycles. The van der Waals surface area contributed by atoms with Gasteiger partial charge in [0.25, 0.3) is 0 Å². The Labute approximate surface area is 93.2 Å². The summed E-state index contributed by atoms with van der Waals surface area (Å²) in [6.45, 7) is 0. The normalized spacial score (nSPS) is 9.33. The van der Waals surface area contributed by atoms with Gasteiger partial charge in [-0.3, -0.25) is 0 Å². The van der Waals surface area contributed by atoms with Crippen LogP contribution in [0.15, 0.2) is 36.9 Å². The molecule has 0 amide bonds. The third kappa shape index (κ3) is 2.35. The topological polar surface area (TPSA) is 72.0 Å². The lowest BCUT2D eigenvalue weighted by Gasteiger charge is -2.03. The monoisotopic (exact) mass is 223 g/mol. The first-order chi connectivity index (χ1) is 6.77. The molecule has 0 saturated carbocycles. The minimum Gasteiger partial charge on any atom is -0.507 e. The fourth-order valence-corrected chi connectivity index (χ4v) is 1.23. The van der Waals surface area contributed by atoms with Gasteiger partial charge >= 0.3 is 0 Å². The van der Waals surface area contributed by atoms with Gasteiger partial charge in [-0.1, -0.05) is 0 Å². The molecule has 0 saturated heterocycles. The first-order valence-corrected chi connectivity index (χ1v) is 4.11. The third-order valence-electron chi connectivity index (χ3n) is 1.89. The highest BCUT2D eigenvalue weighted by Crippen LogP contribution is 2.29. The van der Waals surface area contributed by atoms with Gasteiger partial charge in [-0.2, -0.15) is 0 Å². The predicted molar refractivity (Wildman–Crippen MR) is 60.8 cm³/mol. The number of hydrogen-bond acceptors (Lipinski definition) is 4. The van der Waals surface area contributed by atoms with E-state index in [1.807, 2.05) is 0 Å². The molecule has 0 unspecified atom stereocenters. The van der Waals surface area contributed by atoms with Crippen molar-refractivity contribution in [1.29, 1.82) is 0 Å². The second-order valence-electron chi connectivity index (χ2n) is 2.90. The van der Waals surface area contributed by atoms with Gasteiger partial charge in [0.05, 0.1) is 0 Å². The molecule has 4 nitrogen and oxygen atoms in total. The number of rotatable bonds is 1. The molecule has 0 spiro atoms. The lowest BCUT2D eigenvalue weighted by molar-refractivity contribution is 0.477. The highest BCUT2D eigenvalue weighted by molar-refractivity contribution is 5.85. The average Bonchev–Trinajstić information content (AvgIpc) is 2.19. The molecule has 2 rings (SSSR count). The number of phenols is 1. The van der Waals surface area contributed by atoms with Crippen LogP contribution >= 0.6 is 12.4 Å². The van der Waals surface area contributed by atoms with Gasteiger partial charge < -0.3 is 10.8 Å². The van der Waals surface area contributed by atoms with Gasteiger partial charge in [-0.15, -0.1) is 12.4 Å². The number of halogens is 1. The summed E-state index contributed by atoms with van der Waals surface area (Å²) in [4.78, 5) is 7.74. The summed E-state index contributed by atoms with van der Waals surface area (Å²) in [7, 11) is 0. The van der Waals surface area contributed by atoms with E-state index in [0.717, 1.165) is 5.56 Å². The van der Waals surface area contributed by atoms with Gasteiger partial charge in [0.1, 0.15) is 12.1 Å². The Balaban J connectivity index is 0.00000112. The van der Waals surface area contributed by atoms with Crippen LogP contribution in [0.25, 0.3) is 11.1 Å². The number of phenolic OH excluding ortho intramolecular Hbond substituents is 1. The SMILES string of the molecule is Cl.Nc1ccc(-c2cncnc2)c(O)c1. The maximum Gasteiger partial charge on any atom is 0.125 e. The van der Waals surface area contributed by atoms with Crippen molar-refractivity contribution in [2.45, 2.75) is 0 Å². The molecule has 0 fully saturated rings. The van der Waals surface area contributed by atoms with Crippen LogP contribution in [0.5, 0.6) is 5.75 Å². The largest absolute Gasteiger partial charge is 0.507 e. The van der Waals surface area contributed by atoms with Crippen LogP contribution in [0, 0.1) is 0 Å². The van der Waals surface area contributed by atoms with Crippen LogP contribution in [0.1, 0.15) is 0 Å². The zero-order valence-electron chi connectivity index (χ0n) is 7.79. The lowest BCUT2D eigenvalue weighted by Crippen LogP contribution is -1.86. The average molecular weight is 224 g/mol. The van der Waals surface area contributed by atoms with Crippen LogP contribution < -0.4 is 5.73 Å². The summed E-state index contributed by atoms with van der Waals surface area (Å²) >= 11 is 0. The van der Waals surface area contributed by atoms with Gasteiger partial charge in [0.15, 0.2) is 0 Å². The summed E-state index contributed by atoms with van der Waals surface area (Å²) in [5, 5.41) is 9.61. The number of anilines is 1. The Bertz CT molecular complexity index is 448. The Morgan fingerprint density at radius 2 is 1.80 bits per heavy atom. The summed E-state index contributed by atoms with van der Waals surface area (Å²) in [6.07, 6.45) is 4.72. The smallest absolute Gasteiger partial charge is 0.125 e. The first kappa shape index (κ1) is 11.3. The quantitative estimate of drug-likeness (QED) is 0.724. The van der Waals surface area contributed by atoms with Crippen LogP contribution in [-0.2, 0) is 0 Å². The van der Waals surface area contributed by atoms with E-state index >= 15 is 0 Å². The first-order valence-electron chi connectivity index (χ1n) is 4.11. The van der Waals surface area contributed by atoms with Gasteiger partial charge in [-0.05, 0) is 12.1 Å². The summed E-state index contributed by atoms with van der Waals surface area (Å²) < 4.78 is 0. The van der Waals surface area contributed by atoms with Crippen molar-refractivity contribution in [2.75, 3.05) is 5.73 Å². The Morgan fingerprint density at radius 3 is 2.40 bits per heavy atom. The number of aromatic nitrogens is 2. The maximum absolute atomic E-state index is 9.61. The summed E-state index contributed by atoms with van der Waals surface area (Å²) in [5.41, 5.74) is 7.49. The van der Waals surface area contributed by atoms with Crippen LogP contribution in [0.3, 0.4) is 0 Å². The number of nitrogens with zero attached hydrogens (tertiary/aromatic N) is 2. The minimum absolute atomic E-state index is 0.